The number of fused-ring (bicyclic) bond motifs is 1. The van der Waals surface area contributed by atoms with Gasteiger partial charge in [0.15, 0.2) is 6.10 Å². The number of hydrogen-bond acceptors (Lipinski definition) is 12. The Morgan fingerprint density at radius 1 is 0.623 bits per heavy atom. The van der Waals surface area contributed by atoms with Gasteiger partial charge < -0.3 is 20.1 Å². The molecule has 0 fully saturated rings. The van der Waals surface area contributed by atoms with Crippen LogP contribution < -0.4 is 10.6 Å². The Morgan fingerprint density at radius 3 is 1.77 bits per heavy atom. The van der Waals surface area contributed by atoms with Gasteiger partial charge in [0, 0.05) is 6.92 Å². The number of halogens is 2. The molecule has 0 aliphatic carbocycles. The summed E-state index contributed by atoms with van der Waals surface area (Å²) < 4.78 is 12.0. The van der Waals surface area contributed by atoms with E-state index in [0.717, 1.165) is 38.5 Å². The average Bonchev–Trinajstić information content (AvgIpc) is 3.76. The van der Waals surface area contributed by atoms with Crippen LogP contribution in [0.15, 0.2) is 60.7 Å². The van der Waals surface area contributed by atoms with Crippen LogP contribution in [-0.4, -0.2) is 64.4 Å². The van der Waals surface area contributed by atoms with E-state index in [1.165, 1.54) is 127 Å². The van der Waals surface area contributed by atoms with E-state index in [1.807, 2.05) is 0 Å². The predicted molar refractivity (Wildman–Crippen MR) is 269 cm³/mol. The Balaban J connectivity index is 1.29. The Morgan fingerprint density at radius 2 is 1.16 bits per heavy atom. The molecule has 69 heavy (non-hydrogen) atoms. The molecule has 4 aromatic rings. The number of aromatic nitrogens is 3. The monoisotopic (exact) mass is 997 g/mol. The molecule has 4 rings (SSSR count). The summed E-state index contributed by atoms with van der Waals surface area (Å²) in [5.41, 5.74) is 1.59. The molecule has 2 amide bonds. The van der Waals surface area contributed by atoms with Crippen molar-refractivity contribution in [2.75, 3.05) is 23.8 Å². The minimum atomic E-state index is -1.66. The van der Waals surface area contributed by atoms with Crippen molar-refractivity contribution in [3.8, 4) is 0 Å². The largest absolute Gasteiger partial charge is 0.464 e. The molecule has 17 heteroatoms. The van der Waals surface area contributed by atoms with Crippen molar-refractivity contribution in [1.29, 1.82) is 0 Å². The number of amides is 2. The maximum absolute atomic E-state index is 14.2. The zero-order valence-corrected chi connectivity index (χ0v) is 42.5. The van der Waals surface area contributed by atoms with Crippen molar-refractivity contribution in [3.63, 3.8) is 0 Å². The Labute approximate surface area is 417 Å². The topological polar surface area (TPSA) is 178 Å². The number of nitrogens with one attached hydrogen (secondary N) is 2. The molecule has 0 aliphatic heterocycles. The van der Waals surface area contributed by atoms with Gasteiger partial charge in [-0.15, -0.1) is 5.10 Å². The van der Waals surface area contributed by atoms with Crippen LogP contribution in [0, 0.1) is 0 Å². The molecule has 3 unspecified atom stereocenters. The predicted octanol–water partition coefficient (Wildman–Crippen LogP) is 13.2. The highest BCUT2D eigenvalue weighted by Gasteiger charge is 2.33. The summed E-state index contributed by atoms with van der Waals surface area (Å²) in [5.74, 6) is -2.97. The van der Waals surface area contributed by atoms with Crippen LogP contribution in [-0.2, 0) is 50.0 Å². The summed E-state index contributed by atoms with van der Waals surface area (Å²) in [6, 6.07) is 14.1. The molecule has 0 bridgehead atoms. The van der Waals surface area contributed by atoms with E-state index < -0.39 is 42.2 Å². The van der Waals surface area contributed by atoms with Crippen LogP contribution in [0.1, 0.15) is 178 Å². The van der Waals surface area contributed by atoms with Crippen molar-refractivity contribution in [3.05, 3.63) is 81.8 Å². The molecule has 0 aliphatic rings. The number of unbranched alkanes of at least 4 members (excludes halogenated alkanes) is 18. The molecule has 380 valence electrons. The minimum Gasteiger partial charge on any atom is -0.464 e. The van der Waals surface area contributed by atoms with E-state index >= 15 is 0 Å². The van der Waals surface area contributed by atoms with Crippen molar-refractivity contribution in [1.82, 2.24) is 15.0 Å². The fourth-order valence-electron chi connectivity index (χ4n) is 7.48. The van der Waals surface area contributed by atoms with E-state index in [9.17, 15) is 19.2 Å². The highest BCUT2D eigenvalue weighted by atomic mass is 35.5. The first kappa shape index (κ1) is 56.9. The van der Waals surface area contributed by atoms with Gasteiger partial charge in [0.2, 0.25) is 12.3 Å². The number of carbonyl (C=O) groups excluding carboxylic acids is 4. The van der Waals surface area contributed by atoms with Gasteiger partial charge >= 0.3 is 11.9 Å². The molecule has 0 saturated carbocycles. The molecule has 15 nitrogen and oxygen atoms in total. The number of para-hydroxylation sites is 1. The quantitative estimate of drug-likeness (QED) is 0.0110. The normalized spacial score (nSPS) is 12.7. The molecule has 1 heterocycles. The summed E-state index contributed by atoms with van der Waals surface area (Å²) in [7, 11) is 0. The molecule has 1 aromatic heterocycles. The highest BCUT2D eigenvalue weighted by molar-refractivity contribution is 6.35. The Hall–Kier alpha value is -4.64. The smallest absolute Gasteiger partial charge is 0.340 e. The lowest BCUT2D eigenvalue weighted by atomic mass is 10.1. The van der Waals surface area contributed by atoms with Crippen LogP contribution in [0.2, 0.25) is 10.0 Å². The van der Waals surface area contributed by atoms with E-state index in [4.69, 9.17) is 52.2 Å². The fourth-order valence-corrected chi connectivity index (χ4v) is 7.81. The maximum atomic E-state index is 14.2. The Bertz CT molecular complexity index is 2160. The third-order valence-corrected chi connectivity index (χ3v) is 12.1. The van der Waals surface area contributed by atoms with Crippen LogP contribution >= 0.6 is 23.2 Å². The van der Waals surface area contributed by atoms with Gasteiger partial charge in [-0.05, 0) is 67.8 Å². The van der Waals surface area contributed by atoms with Crippen LogP contribution in [0.4, 0.5) is 11.4 Å². The van der Waals surface area contributed by atoms with E-state index in [2.05, 4.69) is 34.8 Å². The SMILES string of the molecule is CCCCCCCCCCCCOOC(C)OC(=O)c1ccc(Cl)c(NC(=O)C(C(=O)Nc2cc(COOC(C)C(=O)OCCCCCCCCCCCC)ccc2Cl)n2nnc3ccccc32)c1. The number of benzene rings is 3. The molecule has 0 radical (unpaired) electrons. The minimum absolute atomic E-state index is 0.0261. The van der Waals surface area contributed by atoms with Crippen LogP contribution in [0.25, 0.3) is 11.0 Å². The van der Waals surface area contributed by atoms with Gasteiger partial charge in [0.25, 0.3) is 11.8 Å². The van der Waals surface area contributed by atoms with Gasteiger partial charge in [-0.25, -0.2) is 28.9 Å². The summed E-state index contributed by atoms with van der Waals surface area (Å²) in [4.78, 5) is 75.3. The number of ether oxygens (including phenoxy) is 2. The lowest BCUT2D eigenvalue weighted by Gasteiger charge is -2.19. The van der Waals surface area contributed by atoms with Crippen molar-refractivity contribution in [2.24, 2.45) is 0 Å². The molecule has 0 saturated heterocycles. The average molecular weight is 999 g/mol. The summed E-state index contributed by atoms with van der Waals surface area (Å²) in [6.07, 6.45) is 21.7. The molecule has 3 aromatic carbocycles. The van der Waals surface area contributed by atoms with Gasteiger partial charge in [0.1, 0.15) is 12.1 Å². The molecular formula is C52H73Cl2N5O10. The van der Waals surface area contributed by atoms with Gasteiger partial charge in [-0.3, -0.25) is 9.59 Å². The number of carbonyl (C=O) groups is 4. The second-order valence-electron chi connectivity index (χ2n) is 17.3. The first-order valence-electron chi connectivity index (χ1n) is 25.0. The van der Waals surface area contributed by atoms with Gasteiger partial charge in [0.05, 0.1) is 45.7 Å². The number of anilines is 2. The standard InChI is InChI=1S/C52H73Cl2N5O10/c1-5-7-9-11-13-15-17-19-21-25-33-64-51(62)38(3)68-66-37-40-29-31-42(53)45(35-40)55-49(60)48(59-47-28-24-23-27-44(47)57-58-59)50(61)56-46-36-41(30-32-43(46)54)52(63)67-39(4)69-65-34-26-22-20-18-16-14-12-10-8-6-2/h23-24,27-32,35-36,38-39,48H,5-22,25-26,33-34,37H2,1-4H3,(H,55,60)(H,56,61). The lowest BCUT2D eigenvalue weighted by Crippen LogP contribution is -2.37. The Kier molecular flexibility index (Phi) is 27.3. The maximum Gasteiger partial charge on any atom is 0.340 e. The second kappa shape index (κ2) is 33.0. The van der Waals surface area contributed by atoms with Crippen molar-refractivity contribution >= 4 is 69.4 Å². The van der Waals surface area contributed by atoms with E-state index in [-0.39, 0.29) is 33.6 Å². The number of rotatable bonds is 36. The molecule has 2 N–H and O–H groups in total. The summed E-state index contributed by atoms with van der Waals surface area (Å²) in [6.45, 7) is 8.08. The van der Waals surface area contributed by atoms with Gasteiger partial charge in [-0.2, -0.15) is 4.89 Å². The second-order valence-corrected chi connectivity index (χ2v) is 18.2. The lowest BCUT2D eigenvalue weighted by molar-refractivity contribution is -0.362. The molecule has 3 atom stereocenters. The van der Waals surface area contributed by atoms with Gasteiger partial charge in [-0.1, -0.05) is 176 Å². The fraction of sp³-hybridized carbons (Fsp3) is 0.577. The third-order valence-electron chi connectivity index (χ3n) is 11.4. The van der Waals surface area contributed by atoms with Crippen molar-refractivity contribution < 1.29 is 48.2 Å². The third kappa shape index (κ3) is 21.1. The molecule has 0 spiro atoms. The highest BCUT2D eigenvalue weighted by Crippen LogP contribution is 2.29. The van der Waals surface area contributed by atoms with Crippen molar-refractivity contribution in [2.45, 2.75) is 181 Å². The number of hydrogen-bond donors (Lipinski definition) is 2. The van der Waals surface area contributed by atoms with Crippen LogP contribution in [0.5, 0.6) is 0 Å². The molecular weight excluding hydrogens is 926 g/mol. The van der Waals surface area contributed by atoms with E-state index in [0.29, 0.717) is 29.8 Å². The number of nitrogens with zero attached hydrogens (tertiary/aromatic N) is 3. The first-order valence-corrected chi connectivity index (χ1v) is 25.7. The number of esters is 2. The zero-order valence-electron chi connectivity index (χ0n) is 40.9. The zero-order chi connectivity index (χ0) is 49.6. The van der Waals surface area contributed by atoms with Crippen LogP contribution in [0.3, 0.4) is 0 Å². The summed E-state index contributed by atoms with van der Waals surface area (Å²) in [5, 5.41) is 13.9. The first-order chi connectivity index (χ1) is 33.5. The summed E-state index contributed by atoms with van der Waals surface area (Å²) >= 11 is 13.1. The van der Waals surface area contributed by atoms with E-state index in [1.54, 1.807) is 42.5 Å².